The fraction of sp³-hybridized carbons (Fsp3) is 0.562. The third-order valence-electron chi connectivity index (χ3n) is 4.35. The number of rotatable bonds is 2. The molecule has 2 amide bonds. The van der Waals surface area contributed by atoms with Gasteiger partial charge in [-0.2, -0.15) is 0 Å². The molecule has 2 aliphatic rings. The van der Waals surface area contributed by atoms with Gasteiger partial charge in [0.1, 0.15) is 5.69 Å². The first-order valence-corrected chi connectivity index (χ1v) is 7.98. The summed E-state index contributed by atoms with van der Waals surface area (Å²) in [5.74, 6) is 0.0695. The maximum Gasteiger partial charge on any atom is 0.272 e. The van der Waals surface area contributed by atoms with Gasteiger partial charge in [-0.05, 0) is 12.1 Å². The molecule has 2 saturated heterocycles. The van der Waals surface area contributed by atoms with E-state index < -0.39 is 0 Å². The van der Waals surface area contributed by atoms with E-state index in [0.29, 0.717) is 45.1 Å². The molecule has 1 aromatic heterocycles. The Labute approximate surface area is 135 Å². The van der Waals surface area contributed by atoms with E-state index in [1.54, 1.807) is 18.0 Å². The van der Waals surface area contributed by atoms with E-state index >= 15 is 0 Å². The minimum atomic E-state index is -0.0440. The Balaban J connectivity index is 1.68. The molecule has 3 rings (SSSR count). The molecule has 0 saturated carbocycles. The summed E-state index contributed by atoms with van der Waals surface area (Å²) in [6.45, 7) is 6.96. The zero-order chi connectivity index (χ0) is 16.2. The van der Waals surface area contributed by atoms with Crippen LogP contribution in [0.1, 0.15) is 17.4 Å². The van der Waals surface area contributed by atoms with Gasteiger partial charge in [-0.1, -0.05) is 0 Å². The van der Waals surface area contributed by atoms with Crippen LogP contribution in [0.25, 0.3) is 0 Å². The highest BCUT2D eigenvalue weighted by atomic mass is 16.5. The number of hydrogen-bond acceptors (Lipinski definition) is 5. The van der Waals surface area contributed by atoms with Crippen LogP contribution in [0.3, 0.4) is 0 Å². The summed E-state index contributed by atoms with van der Waals surface area (Å²) in [6.07, 6.45) is 1.68. The fourth-order valence-electron chi connectivity index (χ4n) is 2.94. The van der Waals surface area contributed by atoms with Crippen LogP contribution in [-0.2, 0) is 9.53 Å². The standard InChI is InChI=1S/C16H22N4O3/c1-13(21)18-4-6-19(7-5-18)14-2-3-17-15(12-14)16(22)20-8-10-23-11-9-20/h2-3,12H,4-11H2,1H3. The number of ether oxygens (including phenoxy) is 1. The number of anilines is 1. The first-order chi connectivity index (χ1) is 11.1. The van der Waals surface area contributed by atoms with Gasteiger partial charge in [0.15, 0.2) is 0 Å². The second-order valence-electron chi connectivity index (χ2n) is 5.80. The second-order valence-corrected chi connectivity index (χ2v) is 5.80. The number of aromatic nitrogens is 1. The lowest BCUT2D eigenvalue weighted by molar-refractivity contribution is -0.129. The lowest BCUT2D eigenvalue weighted by Gasteiger charge is -2.35. The number of pyridine rings is 1. The van der Waals surface area contributed by atoms with Gasteiger partial charge in [-0.3, -0.25) is 14.6 Å². The molecule has 3 heterocycles. The first kappa shape index (κ1) is 15.7. The Kier molecular flexibility index (Phi) is 4.76. The third-order valence-corrected chi connectivity index (χ3v) is 4.35. The SMILES string of the molecule is CC(=O)N1CCN(c2ccnc(C(=O)N3CCOCC3)c2)CC1. The average Bonchev–Trinajstić information content (AvgIpc) is 2.62. The molecule has 0 aliphatic carbocycles. The van der Waals surface area contributed by atoms with Crippen LogP contribution < -0.4 is 4.90 Å². The summed E-state index contributed by atoms with van der Waals surface area (Å²) >= 11 is 0. The highest BCUT2D eigenvalue weighted by molar-refractivity contribution is 5.93. The molecule has 0 aromatic carbocycles. The van der Waals surface area contributed by atoms with Crippen molar-refractivity contribution in [1.82, 2.24) is 14.8 Å². The summed E-state index contributed by atoms with van der Waals surface area (Å²) < 4.78 is 5.28. The maximum absolute atomic E-state index is 12.5. The lowest BCUT2D eigenvalue weighted by atomic mass is 10.2. The van der Waals surface area contributed by atoms with Crippen molar-refractivity contribution in [2.45, 2.75) is 6.92 Å². The smallest absolute Gasteiger partial charge is 0.272 e. The number of hydrogen-bond donors (Lipinski definition) is 0. The molecule has 2 fully saturated rings. The van der Waals surface area contributed by atoms with Gasteiger partial charge >= 0.3 is 0 Å². The molecule has 7 heteroatoms. The van der Waals surface area contributed by atoms with Crippen molar-refractivity contribution in [3.05, 3.63) is 24.0 Å². The van der Waals surface area contributed by atoms with Crippen LogP contribution in [0.4, 0.5) is 5.69 Å². The normalized spacial score (nSPS) is 18.9. The molecule has 0 atom stereocenters. The molecule has 23 heavy (non-hydrogen) atoms. The van der Waals surface area contributed by atoms with Gasteiger partial charge < -0.3 is 19.4 Å². The van der Waals surface area contributed by atoms with E-state index in [9.17, 15) is 9.59 Å². The predicted octanol–water partition coefficient (Wildman–Crippen LogP) is 0.223. The zero-order valence-corrected chi connectivity index (χ0v) is 13.4. The molecule has 0 unspecified atom stereocenters. The Morgan fingerprint density at radius 3 is 2.39 bits per heavy atom. The number of carbonyl (C=O) groups is 2. The molecule has 0 bridgehead atoms. The van der Waals surface area contributed by atoms with Crippen LogP contribution in [0.2, 0.25) is 0 Å². The molecule has 0 radical (unpaired) electrons. The molecule has 124 valence electrons. The number of nitrogens with zero attached hydrogens (tertiary/aromatic N) is 4. The average molecular weight is 318 g/mol. The Hall–Kier alpha value is -2.15. The minimum absolute atomic E-state index is 0.0440. The van der Waals surface area contributed by atoms with Crippen molar-refractivity contribution < 1.29 is 14.3 Å². The van der Waals surface area contributed by atoms with E-state index in [1.165, 1.54) is 0 Å². The zero-order valence-electron chi connectivity index (χ0n) is 13.4. The van der Waals surface area contributed by atoms with Crippen molar-refractivity contribution in [1.29, 1.82) is 0 Å². The molecular weight excluding hydrogens is 296 g/mol. The van der Waals surface area contributed by atoms with Gasteiger partial charge in [0.05, 0.1) is 13.2 Å². The van der Waals surface area contributed by atoms with Crippen LogP contribution in [0.15, 0.2) is 18.3 Å². The molecule has 2 aliphatic heterocycles. The molecule has 1 aromatic rings. The van der Waals surface area contributed by atoms with Crippen molar-refractivity contribution in [3.63, 3.8) is 0 Å². The van der Waals surface area contributed by atoms with E-state index in [1.807, 2.05) is 17.0 Å². The Bertz CT molecular complexity index is 578. The summed E-state index contributed by atoms with van der Waals surface area (Å²) in [4.78, 5) is 34.0. The summed E-state index contributed by atoms with van der Waals surface area (Å²) in [7, 11) is 0. The van der Waals surface area contributed by atoms with Gasteiger partial charge in [-0.15, -0.1) is 0 Å². The van der Waals surface area contributed by atoms with Crippen molar-refractivity contribution in [3.8, 4) is 0 Å². The molecular formula is C16H22N4O3. The highest BCUT2D eigenvalue weighted by Gasteiger charge is 2.22. The van der Waals surface area contributed by atoms with Gasteiger partial charge in [0, 0.05) is 58.1 Å². The minimum Gasteiger partial charge on any atom is -0.378 e. The van der Waals surface area contributed by atoms with Crippen molar-refractivity contribution in [2.75, 3.05) is 57.4 Å². The van der Waals surface area contributed by atoms with Crippen LogP contribution in [0, 0.1) is 0 Å². The predicted molar refractivity (Wildman–Crippen MR) is 85.4 cm³/mol. The molecule has 0 N–H and O–H groups in total. The number of morpholine rings is 1. The van der Waals surface area contributed by atoms with E-state index in [-0.39, 0.29) is 11.8 Å². The van der Waals surface area contributed by atoms with E-state index in [2.05, 4.69) is 9.88 Å². The van der Waals surface area contributed by atoms with E-state index in [0.717, 1.165) is 18.8 Å². The summed E-state index contributed by atoms with van der Waals surface area (Å²) in [5, 5.41) is 0. The van der Waals surface area contributed by atoms with Crippen LogP contribution in [-0.4, -0.2) is 79.1 Å². The van der Waals surface area contributed by atoms with Gasteiger partial charge in [0.2, 0.25) is 5.91 Å². The quantitative estimate of drug-likeness (QED) is 0.780. The number of carbonyl (C=O) groups excluding carboxylic acids is 2. The molecule has 7 nitrogen and oxygen atoms in total. The van der Waals surface area contributed by atoms with Crippen LogP contribution >= 0.6 is 0 Å². The van der Waals surface area contributed by atoms with Gasteiger partial charge in [0.25, 0.3) is 5.91 Å². The number of piperazine rings is 1. The Morgan fingerprint density at radius 2 is 1.74 bits per heavy atom. The largest absolute Gasteiger partial charge is 0.378 e. The summed E-state index contributed by atoms with van der Waals surface area (Å²) in [5.41, 5.74) is 1.46. The van der Waals surface area contributed by atoms with Gasteiger partial charge in [-0.25, -0.2) is 0 Å². The van der Waals surface area contributed by atoms with Crippen molar-refractivity contribution in [2.24, 2.45) is 0 Å². The second kappa shape index (κ2) is 6.95. The maximum atomic E-state index is 12.5. The highest BCUT2D eigenvalue weighted by Crippen LogP contribution is 2.18. The topological polar surface area (TPSA) is 66.0 Å². The third kappa shape index (κ3) is 3.61. The van der Waals surface area contributed by atoms with Crippen molar-refractivity contribution >= 4 is 17.5 Å². The number of amides is 2. The Morgan fingerprint density at radius 1 is 1.04 bits per heavy atom. The fourth-order valence-corrected chi connectivity index (χ4v) is 2.94. The first-order valence-electron chi connectivity index (χ1n) is 7.98. The lowest BCUT2D eigenvalue weighted by Crippen LogP contribution is -2.48. The molecule has 0 spiro atoms. The van der Waals surface area contributed by atoms with E-state index in [4.69, 9.17) is 4.74 Å². The van der Waals surface area contributed by atoms with Crippen LogP contribution in [0.5, 0.6) is 0 Å². The summed E-state index contributed by atoms with van der Waals surface area (Å²) in [6, 6.07) is 3.76. The monoisotopic (exact) mass is 318 g/mol.